The highest BCUT2D eigenvalue weighted by Gasteiger charge is 2.44. The summed E-state index contributed by atoms with van der Waals surface area (Å²) < 4.78 is 125. The Labute approximate surface area is 230 Å². The van der Waals surface area contributed by atoms with Crippen molar-refractivity contribution in [2.24, 2.45) is 0 Å². The summed E-state index contributed by atoms with van der Waals surface area (Å²) in [6.45, 7) is 2.89. The van der Waals surface area contributed by atoms with E-state index in [2.05, 4.69) is 20.6 Å². The molecule has 3 heterocycles. The lowest BCUT2D eigenvalue weighted by atomic mass is 10.1. The first-order valence-electron chi connectivity index (χ1n) is 12.2. The molecule has 17 heteroatoms. The van der Waals surface area contributed by atoms with Crippen LogP contribution in [0.1, 0.15) is 27.3 Å². The van der Waals surface area contributed by atoms with E-state index in [9.17, 15) is 44.3 Å². The summed E-state index contributed by atoms with van der Waals surface area (Å²) in [5.41, 5.74) is -6.60. The molecule has 2 aromatic carbocycles. The van der Waals surface area contributed by atoms with Crippen LogP contribution in [-0.4, -0.2) is 57.0 Å². The van der Waals surface area contributed by atoms with Crippen molar-refractivity contribution in [1.82, 2.24) is 30.2 Å². The van der Waals surface area contributed by atoms with E-state index < -0.39 is 64.2 Å². The molecule has 1 aliphatic heterocycles. The zero-order valence-corrected chi connectivity index (χ0v) is 21.0. The van der Waals surface area contributed by atoms with Gasteiger partial charge in [0.05, 0.1) is 16.8 Å². The maximum Gasteiger partial charge on any atom is 0.435 e. The average Bonchev–Trinajstić information content (AvgIpc) is 3.36. The number of nitrogens with zero attached hydrogens (tertiary/aromatic N) is 5. The number of nitrogens with one attached hydrogen (secondary N) is 2. The predicted octanol–water partition coefficient (Wildman–Crippen LogP) is 4.93. The molecule has 0 spiro atoms. The lowest BCUT2D eigenvalue weighted by molar-refractivity contribution is -0.145. The minimum atomic E-state index is -5.47. The van der Waals surface area contributed by atoms with Crippen molar-refractivity contribution in [3.8, 4) is 5.69 Å². The Bertz CT molecular complexity index is 1660. The molecule has 1 saturated heterocycles. The van der Waals surface area contributed by atoms with Gasteiger partial charge in [-0.15, -0.1) is 5.10 Å². The fourth-order valence-corrected chi connectivity index (χ4v) is 4.50. The minimum Gasteiger partial charge on any atom is -0.314 e. The molecule has 0 atom stereocenters. The van der Waals surface area contributed by atoms with E-state index in [1.54, 1.807) is 0 Å². The maximum atomic E-state index is 15.0. The number of benzene rings is 2. The Morgan fingerprint density at radius 1 is 0.929 bits per heavy atom. The highest BCUT2D eigenvalue weighted by molar-refractivity contribution is 6.03. The molecule has 2 aromatic heterocycles. The number of alkyl halides is 6. The monoisotopic (exact) mass is 603 g/mol. The van der Waals surface area contributed by atoms with Gasteiger partial charge in [0.25, 0.3) is 5.91 Å². The molecule has 1 fully saturated rings. The van der Waals surface area contributed by atoms with Crippen LogP contribution in [0.25, 0.3) is 16.6 Å². The summed E-state index contributed by atoms with van der Waals surface area (Å²) in [6.07, 6.45) is -10.8. The van der Waals surface area contributed by atoms with Crippen LogP contribution >= 0.6 is 0 Å². The number of carbonyl (C=O) groups is 1. The van der Waals surface area contributed by atoms with E-state index >= 15 is 0 Å². The number of aromatic nitrogens is 4. The Hall–Kier alpha value is -4.25. The Morgan fingerprint density at radius 3 is 2.31 bits per heavy atom. The van der Waals surface area contributed by atoms with Crippen LogP contribution in [0.5, 0.6) is 0 Å². The standard InChI is InChI=1S/C25H18F9N7O/c26-13-1-2-19(15(8-13)24(29,30)31)41-22(25(32,33)34)21(38-39-41)23(42)37-20-10-17(28)14-7-12(16(27)9-18(14)36-20)11-40-5-3-35-4-6-40/h1-2,7-10,35H,3-6,11H2,(H,36,37,42). The first kappa shape index (κ1) is 29.2. The molecule has 42 heavy (non-hydrogen) atoms. The van der Waals surface area contributed by atoms with Crippen molar-refractivity contribution in [3.05, 3.63) is 76.4 Å². The van der Waals surface area contributed by atoms with Crippen molar-refractivity contribution in [2.45, 2.75) is 18.9 Å². The second-order valence-electron chi connectivity index (χ2n) is 9.29. The van der Waals surface area contributed by atoms with Crippen LogP contribution in [0.3, 0.4) is 0 Å². The number of rotatable bonds is 5. The van der Waals surface area contributed by atoms with Gasteiger partial charge in [0, 0.05) is 55.8 Å². The van der Waals surface area contributed by atoms with Crippen molar-refractivity contribution in [1.29, 1.82) is 0 Å². The first-order valence-corrected chi connectivity index (χ1v) is 12.2. The molecule has 4 aromatic rings. The van der Waals surface area contributed by atoms with Gasteiger partial charge in [-0.05, 0) is 24.3 Å². The van der Waals surface area contributed by atoms with Crippen LogP contribution in [-0.2, 0) is 18.9 Å². The third-order valence-corrected chi connectivity index (χ3v) is 6.42. The summed E-state index contributed by atoms with van der Waals surface area (Å²) in [7, 11) is 0. The van der Waals surface area contributed by atoms with Gasteiger partial charge in [0.1, 0.15) is 23.3 Å². The number of halogens is 9. The van der Waals surface area contributed by atoms with Crippen LogP contribution in [0.2, 0.25) is 0 Å². The second-order valence-corrected chi connectivity index (χ2v) is 9.29. The van der Waals surface area contributed by atoms with Gasteiger partial charge in [0.15, 0.2) is 11.4 Å². The highest BCUT2D eigenvalue weighted by Crippen LogP contribution is 2.38. The molecule has 5 rings (SSSR count). The Kier molecular flexibility index (Phi) is 7.57. The normalized spacial score (nSPS) is 14.9. The minimum absolute atomic E-state index is 0.0347. The van der Waals surface area contributed by atoms with Crippen molar-refractivity contribution >= 4 is 22.6 Å². The highest BCUT2D eigenvalue weighted by atomic mass is 19.4. The first-order chi connectivity index (χ1) is 19.7. The zero-order valence-electron chi connectivity index (χ0n) is 21.0. The molecular weight excluding hydrogens is 585 g/mol. The summed E-state index contributed by atoms with van der Waals surface area (Å²) >= 11 is 0. The van der Waals surface area contributed by atoms with Gasteiger partial charge in [0.2, 0.25) is 0 Å². The average molecular weight is 603 g/mol. The molecule has 0 aliphatic carbocycles. The van der Waals surface area contributed by atoms with Crippen LogP contribution < -0.4 is 10.6 Å². The van der Waals surface area contributed by atoms with Crippen LogP contribution in [0.15, 0.2) is 36.4 Å². The SMILES string of the molecule is O=C(Nc1cc(F)c2cc(CN3CCNCC3)c(F)cc2n1)c1nnn(-c2ccc(F)cc2C(F)(F)F)c1C(F)(F)F. The number of hydrogen-bond acceptors (Lipinski definition) is 6. The predicted molar refractivity (Wildman–Crippen MR) is 129 cm³/mol. The molecule has 0 saturated carbocycles. The summed E-state index contributed by atoms with van der Waals surface area (Å²) in [6, 6.07) is 3.68. The largest absolute Gasteiger partial charge is 0.435 e. The Morgan fingerprint density at radius 2 is 1.64 bits per heavy atom. The molecule has 1 aliphatic rings. The zero-order chi connectivity index (χ0) is 30.4. The topological polar surface area (TPSA) is 88.0 Å². The molecule has 222 valence electrons. The lowest BCUT2D eigenvalue weighted by Crippen LogP contribution is -2.43. The summed E-state index contributed by atoms with van der Waals surface area (Å²) in [5, 5.41) is 11.1. The fraction of sp³-hybridized carbons (Fsp3) is 0.280. The van der Waals surface area contributed by atoms with Crippen LogP contribution in [0.4, 0.5) is 45.3 Å². The number of anilines is 1. The van der Waals surface area contributed by atoms with Gasteiger partial charge < -0.3 is 10.6 Å². The quantitative estimate of drug-likeness (QED) is 0.315. The van der Waals surface area contributed by atoms with Gasteiger partial charge in [-0.25, -0.2) is 22.8 Å². The second kappa shape index (κ2) is 10.9. The number of amides is 1. The van der Waals surface area contributed by atoms with Gasteiger partial charge in [-0.1, -0.05) is 5.21 Å². The molecular formula is C25H18F9N7O. The number of fused-ring (bicyclic) bond motifs is 1. The lowest BCUT2D eigenvalue weighted by Gasteiger charge is -2.27. The number of carbonyl (C=O) groups excluding carboxylic acids is 1. The molecule has 0 radical (unpaired) electrons. The van der Waals surface area contributed by atoms with Gasteiger partial charge >= 0.3 is 12.4 Å². The number of hydrogen-bond donors (Lipinski definition) is 2. The summed E-state index contributed by atoms with van der Waals surface area (Å²) in [4.78, 5) is 18.7. The van der Waals surface area contributed by atoms with Gasteiger partial charge in [-0.3, -0.25) is 9.69 Å². The van der Waals surface area contributed by atoms with E-state index in [0.717, 1.165) is 6.07 Å². The number of piperazine rings is 1. The summed E-state index contributed by atoms with van der Waals surface area (Å²) in [5.74, 6) is -5.35. The van der Waals surface area contributed by atoms with Gasteiger partial charge in [-0.2, -0.15) is 26.3 Å². The van der Waals surface area contributed by atoms with Crippen molar-refractivity contribution in [2.75, 3.05) is 31.5 Å². The molecule has 0 bridgehead atoms. The number of pyridine rings is 1. The maximum absolute atomic E-state index is 15.0. The smallest absolute Gasteiger partial charge is 0.314 e. The molecule has 1 amide bonds. The molecule has 2 N–H and O–H groups in total. The van der Waals surface area contributed by atoms with E-state index in [1.165, 1.54) is 6.07 Å². The Balaban J connectivity index is 1.48. The van der Waals surface area contributed by atoms with Crippen molar-refractivity contribution in [3.63, 3.8) is 0 Å². The van der Waals surface area contributed by atoms with Crippen LogP contribution in [0, 0.1) is 17.5 Å². The van der Waals surface area contributed by atoms with E-state index in [1.807, 2.05) is 10.2 Å². The van der Waals surface area contributed by atoms with Crippen molar-refractivity contribution < 1.29 is 44.3 Å². The molecule has 8 nitrogen and oxygen atoms in total. The third kappa shape index (κ3) is 5.87. The molecule has 0 unspecified atom stereocenters. The fourth-order valence-electron chi connectivity index (χ4n) is 4.50. The van der Waals surface area contributed by atoms with E-state index in [4.69, 9.17) is 0 Å². The third-order valence-electron chi connectivity index (χ3n) is 6.42. The van der Waals surface area contributed by atoms with E-state index in [-0.39, 0.29) is 33.8 Å². The van der Waals surface area contributed by atoms with E-state index in [0.29, 0.717) is 44.4 Å².